The molecule has 0 saturated heterocycles. The van der Waals surface area contributed by atoms with E-state index in [-0.39, 0.29) is 0 Å². The first-order chi connectivity index (χ1) is 20.6. The quantitative estimate of drug-likeness (QED) is 0.204. The molecule has 1 aliphatic heterocycles. The van der Waals surface area contributed by atoms with E-state index in [9.17, 15) is 0 Å². The summed E-state index contributed by atoms with van der Waals surface area (Å²) in [6, 6.07) is 50.1. The molecule has 4 heteroatoms. The highest BCUT2D eigenvalue weighted by atomic mass is 31.2. The van der Waals surface area contributed by atoms with Gasteiger partial charge in [0, 0.05) is 15.9 Å². The molecule has 0 saturated carbocycles. The minimum absolute atomic E-state index is 0.837. The van der Waals surface area contributed by atoms with Gasteiger partial charge < -0.3 is 4.57 Å². The maximum Gasteiger partial charge on any atom is 0.175 e. The Balaban J connectivity index is 1.41. The summed E-state index contributed by atoms with van der Waals surface area (Å²) in [6.07, 6.45) is 0. The van der Waals surface area contributed by atoms with Crippen molar-refractivity contribution in [3.8, 4) is 39.1 Å². The van der Waals surface area contributed by atoms with Crippen LogP contribution in [0.3, 0.4) is 0 Å². The molecule has 0 aliphatic carbocycles. The molecule has 0 N–H and O–H groups in total. The lowest BCUT2D eigenvalue weighted by Crippen LogP contribution is -2.33. The van der Waals surface area contributed by atoms with E-state index in [1.807, 2.05) is 67.6 Å². The Labute approximate surface area is 245 Å². The molecule has 0 bridgehead atoms. The van der Waals surface area contributed by atoms with Gasteiger partial charge in [-0.05, 0) is 82.8 Å². The van der Waals surface area contributed by atoms with E-state index in [2.05, 4.69) is 89.5 Å². The van der Waals surface area contributed by atoms with Gasteiger partial charge in [-0.1, -0.05) is 103 Å². The topological polar surface area (TPSA) is 34.9 Å². The van der Waals surface area contributed by atoms with Crippen molar-refractivity contribution in [1.82, 2.24) is 9.55 Å². The number of benzene rings is 6. The highest BCUT2D eigenvalue weighted by Gasteiger charge is 2.39. The van der Waals surface area contributed by atoms with E-state index in [1.54, 1.807) is 0 Å². The Morgan fingerprint density at radius 3 is 1.71 bits per heavy atom. The molecule has 1 aromatic heterocycles. The summed E-state index contributed by atoms with van der Waals surface area (Å²) in [6.45, 7) is 2.02. The average Bonchev–Trinajstić information content (AvgIpc) is 3.40. The van der Waals surface area contributed by atoms with Gasteiger partial charge in [0.05, 0.1) is 16.7 Å². The fourth-order valence-electron chi connectivity index (χ4n) is 6.35. The zero-order chi connectivity index (χ0) is 28.3. The summed E-state index contributed by atoms with van der Waals surface area (Å²) in [7, 11) is -3.20. The maximum atomic E-state index is 15.6. The zero-order valence-electron chi connectivity index (χ0n) is 23.1. The predicted molar refractivity (Wildman–Crippen MR) is 175 cm³/mol. The van der Waals surface area contributed by atoms with Gasteiger partial charge >= 0.3 is 0 Å². The number of nitrogens with zero attached hydrogens (tertiary/aromatic N) is 2. The summed E-state index contributed by atoms with van der Waals surface area (Å²) in [5.74, 6) is 0.892. The fourth-order valence-corrected chi connectivity index (χ4v) is 9.39. The van der Waals surface area contributed by atoms with Gasteiger partial charge in [-0.15, -0.1) is 0 Å². The highest BCUT2D eigenvalue weighted by molar-refractivity contribution is 7.86. The van der Waals surface area contributed by atoms with Crippen LogP contribution in [0.5, 0.6) is 0 Å². The molecule has 0 radical (unpaired) electrons. The number of aromatic nitrogens is 2. The van der Waals surface area contributed by atoms with Gasteiger partial charge in [0.2, 0.25) is 0 Å². The van der Waals surface area contributed by atoms with Gasteiger partial charge in [0.15, 0.2) is 7.14 Å². The zero-order valence-corrected chi connectivity index (χ0v) is 24.0. The molecule has 6 aromatic carbocycles. The minimum Gasteiger partial charge on any atom is -0.308 e. The third-order valence-electron chi connectivity index (χ3n) is 8.32. The lowest BCUT2D eigenvalue weighted by molar-refractivity contribution is 0.592. The Morgan fingerprint density at radius 2 is 1.10 bits per heavy atom. The SMILES string of the molecule is Cc1nc2cccc3c2n1-c1ccc(-c2cc(-c4ccccc4)cc(-c4ccccc4)c2)cc1P3(=O)c1ccccc1. The highest BCUT2D eigenvalue weighted by Crippen LogP contribution is 2.50. The van der Waals surface area contributed by atoms with Crippen molar-refractivity contribution in [3.63, 3.8) is 0 Å². The molecule has 8 rings (SSSR count). The smallest absolute Gasteiger partial charge is 0.175 e. The van der Waals surface area contributed by atoms with Gasteiger partial charge in [-0.2, -0.15) is 0 Å². The summed E-state index contributed by atoms with van der Waals surface area (Å²) in [4.78, 5) is 4.86. The Hall–Kier alpha value is -4.98. The van der Waals surface area contributed by atoms with E-state index in [1.165, 1.54) is 0 Å². The second-order valence-corrected chi connectivity index (χ2v) is 13.5. The van der Waals surface area contributed by atoms with Crippen LogP contribution >= 0.6 is 7.14 Å². The predicted octanol–water partition coefficient (Wildman–Crippen LogP) is 8.29. The molecular formula is C38H27N2OP. The maximum absolute atomic E-state index is 15.6. The standard InChI is InChI=1S/C38H27N2OP/c1-26-39-34-18-11-19-36-38(34)40(26)35-21-20-29(25-37(35)42(36,41)33-16-9-4-10-17-33)32-23-30(27-12-5-2-6-13-27)22-31(24-32)28-14-7-3-8-15-28/h2-25H,1H3. The van der Waals surface area contributed by atoms with Crippen LogP contribution in [-0.2, 0) is 4.57 Å². The third-order valence-corrected chi connectivity index (χ3v) is 11.4. The molecule has 42 heavy (non-hydrogen) atoms. The first-order valence-electron chi connectivity index (χ1n) is 14.2. The van der Waals surface area contributed by atoms with Crippen molar-refractivity contribution < 1.29 is 4.57 Å². The Bertz CT molecular complexity index is 2110. The Kier molecular flexibility index (Phi) is 5.63. The number of aryl methyl sites for hydroxylation is 1. The molecule has 0 fully saturated rings. The molecule has 1 unspecified atom stereocenters. The van der Waals surface area contributed by atoms with E-state index in [0.29, 0.717) is 0 Å². The van der Waals surface area contributed by atoms with E-state index >= 15 is 4.57 Å². The third kappa shape index (κ3) is 3.75. The second-order valence-electron chi connectivity index (χ2n) is 10.8. The van der Waals surface area contributed by atoms with Crippen LogP contribution in [0.25, 0.3) is 50.1 Å². The largest absolute Gasteiger partial charge is 0.308 e. The molecule has 0 amide bonds. The first kappa shape index (κ1) is 24.8. The molecule has 3 nitrogen and oxygen atoms in total. The summed E-state index contributed by atoms with van der Waals surface area (Å²) in [5.41, 5.74) is 9.50. The average molecular weight is 559 g/mol. The Morgan fingerprint density at radius 1 is 0.524 bits per heavy atom. The van der Waals surface area contributed by atoms with Crippen LogP contribution in [0.15, 0.2) is 146 Å². The molecule has 200 valence electrons. The van der Waals surface area contributed by atoms with Crippen LogP contribution in [0.2, 0.25) is 0 Å². The molecule has 7 aromatic rings. The van der Waals surface area contributed by atoms with Crippen LogP contribution in [-0.4, -0.2) is 9.55 Å². The van der Waals surface area contributed by atoms with Crippen molar-refractivity contribution in [3.05, 3.63) is 151 Å². The number of hydrogen-bond donors (Lipinski definition) is 0. The molecule has 1 aliphatic rings. The minimum atomic E-state index is -3.20. The number of rotatable bonds is 4. The molecule has 0 spiro atoms. The summed E-state index contributed by atoms with van der Waals surface area (Å²) < 4.78 is 17.8. The lowest BCUT2D eigenvalue weighted by atomic mass is 9.93. The van der Waals surface area contributed by atoms with Crippen molar-refractivity contribution in [1.29, 1.82) is 0 Å². The van der Waals surface area contributed by atoms with E-state index in [0.717, 1.165) is 71.8 Å². The molecule has 1 atom stereocenters. The van der Waals surface area contributed by atoms with Gasteiger partial charge in [-0.3, -0.25) is 4.57 Å². The summed E-state index contributed by atoms with van der Waals surface area (Å²) in [5, 5.41) is 2.53. The fraction of sp³-hybridized carbons (Fsp3) is 0.0263. The number of hydrogen-bond acceptors (Lipinski definition) is 2. The van der Waals surface area contributed by atoms with Crippen LogP contribution < -0.4 is 15.9 Å². The van der Waals surface area contributed by atoms with Crippen LogP contribution in [0.4, 0.5) is 0 Å². The van der Waals surface area contributed by atoms with Gasteiger partial charge in [0.1, 0.15) is 5.82 Å². The van der Waals surface area contributed by atoms with E-state index in [4.69, 9.17) is 4.98 Å². The lowest BCUT2D eigenvalue weighted by Gasteiger charge is -2.29. The molecular weight excluding hydrogens is 531 g/mol. The van der Waals surface area contributed by atoms with Gasteiger partial charge in [0.25, 0.3) is 0 Å². The summed E-state index contributed by atoms with van der Waals surface area (Å²) >= 11 is 0. The number of imidazole rings is 1. The number of fused-ring (bicyclic) bond motifs is 2. The second kappa shape index (κ2) is 9.55. The number of para-hydroxylation sites is 1. The van der Waals surface area contributed by atoms with Crippen molar-refractivity contribution in [2.24, 2.45) is 0 Å². The normalized spacial score (nSPS) is 15.5. The molecule has 2 heterocycles. The first-order valence-corrected chi connectivity index (χ1v) is 15.9. The monoisotopic (exact) mass is 558 g/mol. The van der Waals surface area contributed by atoms with Gasteiger partial charge in [-0.25, -0.2) is 4.98 Å². The van der Waals surface area contributed by atoms with Crippen LogP contribution in [0.1, 0.15) is 5.82 Å². The van der Waals surface area contributed by atoms with E-state index < -0.39 is 7.14 Å². The van der Waals surface area contributed by atoms with Crippen molar-refractivity contribution >= 4 is 34.1 Å². The van der Waals surface area contributed by atoms with Crippen LogP contribution in [0, 0.1) is 6.92 Å². The van der Waals surface area contributed by atoms with Crippen molar-refractivity contribution in [2.75, 3.05) is 0 Å². The van der Waals surface area contributed by atoms with Crippen molar-refractivity contribution in [2.45, 2.75) is 6.92 Å².